The minimum Gasteiger partial charge on any atom is -0.362 e. The van der Waals surface area contributed by atoms with E-state index < -0.39 is 0 Å². The van der Waals surface area contributed by atoms with Crippen LogP contribution in [-0.2, 0) is 6.42 Å². The number of nitrogens with one attached hydrogen (secondary N) is 2. The molecule has 1 aromatic carbocycles. The van der Waals surface area contributed by atoms with E-state index in [4.69, 9.17) is 4.98 Å². The zero-order chi connectivity index (χ0) is 19.5. The number of aromatic amines is 1. The van der Waals surface area contributed by atoms with Gasteiger partial charge in [-0.25, -0.2) is 19.3 Å². The molecule has 3 aromatic heterocycles. The highest BCUT2D eigenvalue weighted by Gasteiger charge is 2.16. The number of fused-ring (bicyclic) bond motifs is 2. The Labute approximate surface area is 162 Å². The third-order valence-corrected chi connectivity index (χ3v) is 4.95. The first kappa shape index (κ1) is 18.3. The Kier molecular flexibility index (Phi) is 5.14. The summed E-state index contributed by atoms with van der Waals surface area (Å²) in [5, 5.41) is 4.37. The lowest BCUT2D eigenvalue weighted by Crippen LogP contribution is -2.12. The van der Waals surface area contributed by atoms with Gasteiger partial charge < -0.3 is 10.3 Å². The zero-order valence-electron chi connectivity index (χ0n) is 16.0. The summed E-state index contributed by atoms with van der Waals surface area (Å²) in [7, 11) is 0. The quantitative estimate of drug-likeness (QED) is 0.445. The number of pyridine rings is 1. The fourth-order valence-corrected chi connectivity index (χ4v) is 3.47. The Balaban J connectivity index is 1.71. The Hall–Kier alpha value is -3.09. The maximum Gasteiger partial charge on any atom is 0.162 e. The number of aryl methyl sites for hydroxylation is 1. The minimum absolute atomic E-state index is 0.0339. The first-order valence-corrected chi connectivity index (χ1v) is 9.65. The molecule has 0 saturated carbocycles. The van der Waals surface area contributed by atoms with E-state index >= 15 is 0 Å². The van der Waals surface area contributed by atoms with Gasteiger partial charge in [-0.05, 0) is 43.5 Å². The Morgan fingerprint density at radius 3 is 2.89 bits per heavy atom. The van der Waals surface area contributed by atoms with Gasteiger partial charge in [0.05, 0.1) is 17.9 Å². The number of nitrogens with zero attached hydrogens (tertiary/aromatic N) is 4. The van der Waals surface area contributed by atoms with Crippen molar-refractivity contribution >= 4 is 27.9 Å². The fourth-order valence-electron chi connectivity index (χ4n) is 3.47. The van der Waals surface area contributed by atoms with E-state index in [0.717, 1.165) is 42.3 Å². The van der Waals surface area contributed by atoms with Crippen LogP contribution >= 0.6 is 0 Å². The molecule has 0 bridgehead atoms. The molecule has 4 aromatic rings. The van der Waals surface area contributed by atoms with E-state index in [1.54, 1.807) is 12.4 Å². The standard InChI is InChI=1S/C21H23FN6/c1-3-4-5-6-17-16(9-14-7-8-15(22)10-18(14)28-17)13(2)27-21-19-20(24-11-23-19)25-12-26-21/h7-13H,3-6H2,1-2H3,(H2,23,24,25,26,27)/t13-/m0/s1. The van der Waals surface area contributed by atoms with Crippen molar-refractivity contribution in [3.8, 4) is 0 Å². The van der Waals surface area contributed by atoms with Gasteiger partial charge in [-0.15, -0.1) is 0 Å². The fraction of sp³-hybridized carbons (Fsp3) is 0.333. The zero-order valence-corrected chi connectivity index (χ0v) is 16.0. The van der Waals surface area contributed by atoms with Crippen LogP contribution in [0.15, 0.2) is 36.9 Å². The number of rotatable bonds is 7. The highest BCUT2D eigenvalue weighted by Crippen LogP contribution is 2.28. The summed E-state index contributed by atoms with van der Waals surface area (Å²) >= 11 is 0. The molecular formula is C21H23FN6. The second-order valence-electron chi connectivity index (χ2n) is 7.01. The molecule has 144 valence electrons. The van der Waals surface area contributed by atoms with Crippen LogP contribution in [0.25, 0.3) is 22.1 Å². The van der Waals surface area contributed by atoms with Gasteiger partial charge in [-0.1, -0.05) is 19.8 Å². The predicted molar refractivity (Wildman–Crippen MR) is 109 cm³/mol. The van der Waals surface area contributed by atoms with Gasteiger partial charge in [0.2, 0.25) is 0 Å². The second-order valence-corrected chi connectivity index (χ2v) is 7.01. The van der Waals surface area contributed by atoms with Crippen molar-refractivity contribution in [1.82, 2.24) is 24.9 Å². The summed E-state index contributed by atoms with van der Waals surface area (Å²) < 4.78 is 13.7. The summed E-state index contributed by atoms with van der Waals surface area (Å²) in [6.45, 7) is 4.26. The first-order chi connectivity index (χ1) is 13.7. The molecule has 0 fully saturated rings. The van der Waals surface area contributed by atoms with Crippen molar-refractivity contribution in [3.63, 3.8) is 0 Å². The summed E-state index contributed by atoms with van der Waals surface area (Å²) in [6, 6.07) is 6.82. The molecule has 0 radical (unpaired) electrons. The van der Waals surface area contributed by atoms with Gasteiger partial charge in [0.1, 0.15) is 17.7 Å². The molecule has 6 nitrogen and oxygen atoms in total. The lowest BCUT2D eigenvalue weighted by Gasteiger charge is -2.19. The molecule has 28 heavy (non-hydrogen) atoms. The molecule has 2 N–H and O–H groups in total. The van der Waals surface area contributed by atoms with Crippen molar-refractivity contribution in [1.29, 1.82) is 0 Å². The van der Waals surface area contributed by atoms with Crippen LogP contribution in [0.5, 0.6) is 0 Å². The largest absolute Gasteiger partial charge is 0.362 e. The maximum atomic E-state index is 13.7. The monoisotopic (exact) mass is 378 g/mol. The van der Waals surface area contributed by atoms with Crippen molar-refractivity contribution in [2.24, 2.45) is 0 Å². The molecule has 0 aliphatic heterocycles. The van der Waals surface area contributed by atoms with Crippen LogP contribution in [-0.4, -0.2) is 24.9 Å². The minimum atomic E-state index is -0.264. The van der Waals surface area contributed by atoms with Crippen LogP contribution in [0, 0.1) is 5.82 Å². The highest BCUT2D eigenvalue weighted by atomic mass is 19.1. The number of halogens is 1. The van der Waals surface area contributed by atoms with E-state index in [1.807, 2.05) is 0 Å². The number of benzene rings is 1. The lowest BCUT2D eigenvalue weighted by molar-refractivity contribution is 0.629. The van der Waals surface area contributed by atoms with Gasteiger partial charge in [-0.2, -0.15) is 0 Å². The number of unbranched alkanes of at least 4 members (excludes halogenated alkanes) is 2. The van der Waals surface area contributed by atoms with Gasteiger partial charge in [0, 0.05) is 17.1 Å². The first-order valence-electron chi connectivity index (χ1n) is 9.65. The molecule has 0 saturated heterocycles. The Morgan fingerprint density at radius 1 is 1.14 bits per heavy atom. The molecule has 0 spiro atoms. The van der Waals surface area contributed by atoms with Crippen molar-refractivity contribution < 1.29 is 4.39 Å². The van der Waals surface area contributed by atoms with Gasteiger partial charge in [0.25, 0.3) is 0 Å². The number of anilines is 1. The molecule has 4 rings (SSSR count). The van der Waals surface area contributed by atoms with Crippen LogP contribution in [0.3, 0.4) is 0 Å². The molecule has 0 amide bonds. The summed E-state index contributed by atoms with van der Waals surface area (Å²) in [5.74, 6) is 0.415. The smallest absolute Gasteiger partial charge is 0.162 e. The number of H-pyrrole nitrogens is 1. The van der Waals surface area contributed by atoms with Crippen LogP contribution < -0.4 is 5.32 Å². The van der Waals surface area contributed by atoms with Crippen LogP contribution in [0.2, 0.25) is 0 Å². The third kappa shape index (κ3) is 3.65. The molecular weight excluding hydrogens is 355 g/mol. The molecule has 3 heterocycles. The van der Waals surface area contributed by atoms with E-state index in [9.17, 15) is 4.39 Å². The predicted octanol–water partition coefficient (Wildman–Crippen LogP) is 4.95. The number of hydrogen-bond donors (Lipinski definition) is 2. The molecule has 0 aliphatic rings. The average molecular weight is 378 g/mol. The second kappa shape index (κ2) is 7.88. The molecule has 1 atom stereocenters. The number of hydrogen-bond acceptors (Lipinski definition) is 5. The number of imidazole rings is 1. The third-order valence-electron chi connectivity index (χ3n) is 4.95. The summed E-state index contributed by atoms with van der Waals surface area (Å²) in [5.41, 5.74) is 4.19. The van der Waals surface area contributed by atoms with Crippen LogP contribution in [0.1, 0.15) is 50.4 Å². The molecule has 7 heteroatoms. The molecule has 0 unspecified atom stereocenters. The normalized spacial score (nSPS) is 12.5. The van der Waals surface area contributed by atoms with Crippen molar-refractivity contribution in [2.75, 3.05) is 5.32 Å². The Morgan fingerprint density at radius 2 is 2.04 bits per heavy atom. The van der Waals surface area contributed by atoms with E-state index in [-0.39, 0.29) is 11.9 Å². The van der Waals surface area contributed by atoms with E-state index in [0.29, 0.717) is 22.5 Å². The topological polar surface area (TPSA) is 79.4 Å². The average Bonchev–Trinajstić information content (AvgIpc) is 3.17. The van der Waals surface area contributed by atoms with Crippen molar-refractivity contribution in [3.05, 3.63) is 54.0 Å². The van der Waals surface area contributed by atoms with E-state index in [1.165, 1.54) is 18.5 Å². The van der Waals surface area contributed by atoms with Crippen molar-refractivity contribution in [2.45, 2.75) is 45.6 Å². The number of aromatic nitrogens is 5. The lowest BCUT2D eigenvalue weighted by atomic mass is 9.99. The van der Waals surface area contributed by atoms with Gasteiger partial charge in [0.15, 0.2) is 11.5 Å². The SMILES string of the molecule is CCCCCc1nc2cc(F)ccc2cc1[C@H](C)Nc1ncnc2[nH]cnc12. The Bertz CT molecular complexity index is 1110. The molecule has 0 aliphatic carbocycles. The van der Waals surface area contributed by atoms with Crippen LogP contribution in [0.4, 0.5) is 10.2 Å². The van der Waals surface area contributed by atoms with Gasteiger partial charge in [-0.3, -0.25) is 4.98 Å². The highest BCUT2D eigenvalue weighted by molar-refractivity contribution is 5.83. The summed E-state index contributed by atoms with van der Waals surface area (Å²) in [4.78, 5) is 20.6. The van der Waals surface area contributed by atoms with Gasteiger partial charge >= 0.3 is 0 Å². The van der Waals surface area contributed by atoms with E-state index in [2.05, 4.69) is 45.2 Å². The maximum absolute atomic E-state index is 13.7. The summed E-state index contributed by atoms with van der Waals surface area (Å²) in [6.07, 6.45) is 7.33.